The third kappa shape index (κ3) is 4.10. The summed E-state index contributed by atoms with van der Waals surface area (Å²) in [7, 11) is 3.32. The summed E-state index contributed by atoms with van der Waals surface area (Å²) in [5, 5.41) is 0.983. The van der Waals surface area contributed by atoms with Crippen molar-refractivity contribution in [3.63, 3.8) is 0 Å². The monoisotopic (exact) mass is 403 g/mol. The van der Waals surface area contributed by atoms with E-state index in [0.717, 1.165) is 22.2 Å². The Hall–Kier alpha value is -3.87. The molecule has 0 spiro atoms. The van der Waals surface area contributed by atoms with Crippen molar-refractivity contribution in [3.05, 3.63) is 84.2 Å². The topological polar surface area (TPSA) is 77.7 Å². The molecule has 30 heavy (non-hydrogen) atoms. The summed E-state index contributed by atoms with van der Waals surface area (Å²) in [6.07, 6.45) is 3.07. The number of amides is 1. The van der Waals surface area contributed by atoms with Crippen LogP contribution in [0.5, 0.6) is 11.5 Å². The van der Waals surface area contributed by atoms with Gasteiger partial charge in [0.15, 0.2) is 12.3 Å². The molecule has 0 unspecified atom stereocenters. The van der Waals surface area contributed by atoms with Gasteiger partial charge in [-0.2, -0.15) is 0 Å². The Morgan fingerprint density at radius 3 is 2.73 bits per heavy atom. The minimum Gasteiger partial charge on any atom is -0.496 e. The van der Waals surface area contributed by atoms with Crippen molar-refractivity contribution in [2.45, 2.75) is 13.2 Å². The van der Waals surface area contributed by atoms with Crippen molar-refractivity contribution < 1.29 is 18.7 Å². The summed E-state index contributed by atoms with van der Waals surface area (Å²) < 4.78 is 16.6. The minimum absolute atomic E-state index is 0.0964. The number of hydrogen-bond acceptors (Lipinski definition) is 6. The molecule has 0 aliphatic carbocycles. The highest BCUT2D eigenvalue weighted by molar-refractivity contribution is 5.91. The van der Waals surface area contributed by atoms with Gasteiger partial charge in [0, 0.05) is 30.7 Å². The van der Waals surface area contributed by atoms with Crippen LogP contribution in [0.3, 0.4) is 0 Å². The summed E-state index contributed by atoms with van der Waals surface area (Å²) in [5.74, 6) is 1.43. The standard InChI is InChI=1S/C23H21N3O4/c1-26(13-17-7-3-4-10-19(17)28-2)23(27)18-14-30-21(25-18)15-29-20-11-5-8-16-9-6-12-24-22(16)20/h3-12,14H,13,15H2,1-2H3. The van der Waals surface area contributed by atoms with E-state index in [9.17, 15) is 4.79 Å². The van der Waals surface area contributed by atoms with E-state index in [4.69, 9.17) is 13.9 Å². The van der Waals surface area contributed by atoms with Crippen molar-refractivity contribution in [2.75, 3.05) is 14.2 Å². The molecule has 1 amide bonds. The van der Waals surface area contributed by atoms with Crippen LogP contribution in [0.25, 0.3) is 10.9 Å². The van der Waals surface area contributed by atoms with Gasteiger partial charge in [0.05, 0.1) is 7.11 Å². The van der Waals surface area contributed by atoms with Crippen LogP contribution in [-0.4, -0.2) is 34.9 Å². The fraction of sp³-hybridized carbons (Fsp3) is 0.174. The lowest BCUT2D eigenvalue weighted by Gasteiger charge is -2.17. The number of fused-ring (bicyclic) bond motifs is 1. The molecule has 4 aromatic rings. The van der Waals surface area contributed by atoms with E-state index in [-0.39, 0.29) is 18.2 Å². The van der Waals surface area contributed by atoms with Crippen LogP contribution in [-0.2, 0) is 13.2 Å². The van der Waals surface area contributed by atoms with E-state index in [1.165, 1.54) is 6.26 Å². The molecule has 4 rings (SSSR count). The number of nitrogens with zero attached hydrogens (tertiary/aromatic N) is 3. The number of pyridine rings is 1. The summed E-state index contributed by atoms with van der Waals surface area (Å²) in [4.78, 5) is 22.9. The van der Waals surface area contributed by atoms with Crippen LogP contribution in [0.2, 0.25) is 0 Å². The van der Waals surface area contributed by atoms with E-state index in [1.54, 1.807) is 25.3 Å². The lowest BCUT2D eigenvalue weighted by Crippen LogP contribution is -2.26. The second kappa shape index (κ2) is 8.65. The number of carbonyl (C=O) groups is 1. The molecule has 0 fully saturated rings. The number of ether oxygens (including phenoxy) is 2. The van der Waals surface area contributed by atoms with Gasteiger partial charge in [-0.25, -0.2) is 4.98 Å². The molecule has 2 heterocycles. The normalized spacial score (nSPS) is 10.7. The lowest BCUT2D eigenvalue weighted by atomic mass is 10.2. The summed E-state index contributed by atoms with van der Waals surface area (Å²) in [6, 6.07) is 17.1. The van der Waals surface area contributed by atoms with Gasteiger partial charge in [-0.3, -0.25) is 9.78 Å². The summed E-state index contributed by atoms with van der Waals surface area (Å²) >= 11 is 0. The van der Waals surface area contributed by atoms with Gasteiger partial charge >= 0.3 is 0 Å². The average Bonchev–Trinajstić information content (AvgIpc) is 3.26. The SMILES string of the molecule is COc1ccccc1CN(C)C(=O)c1coc(COc2cccc3cccnc23)n1. The van der Waals surface area contributed by atoms with Gasteiger partial charge in [0.2, 0.25) is 5.89 Å². The van der Waals surface area contributed by atoms with Crippen LogP contribution < -0.4 is 9.47 Å². The van der Waals surface area contributed by atoms with E-state index in [0.29, 0.717) is 18.2 Å². The predicted octanol–water partition coefficient (Wildman–Crippen LogP) is 4.08. The molecule has 152 valence electrons. The minimum atomic E-state index is -0.247. The molecular formula is C23H21N3O4. The van der Waals surface area contributed by atoms with Crippen LogP contribution in [0, 0.1) is 0 Å². The summed E-state index contributed by atoms with van der Waals surface area (Å²) in [6.45, 7) is 0.488. The number of carbonyl (C=O) groups excluding carboxylic acids is 1. The molecule has 0 aliphatic heterocycles. The zero-order valence-corrected chi connectivity index (χ0v) is 16.7. The maximum Gasteiger partial charge on any atom is 0.275 e. The second-order valence-corrected chi connectivity index (χ2v) is 6.72. The number of methoxy groups -OCH3 is 1. The molecular weight excluding hydrogens is 382 g/mol. The molecule has 2 aromatic carbocycles. The zero-order valence-electron chi connectivity index (χ0n) is 16.7. The first-order valence-corrected chi connectivity index (χ1v) is 9.44. The number of benzene rings is 2. The van der Waals surface area contributed by atoms with Crippen molar-refractivity contribution in [1.29, 1.82) is 0 Å². The van der Waals surface area contributed by atoms with Crippen molar-refractivity contribution in [3.8, 4) is 11.5 Å². The first-order chi connectivity index (χ1) is 14.7. The van der Waals surface area contributed by atoms with E-state index >= 15 is 0 Å². The van der Waals surface area contributed by atoms with Gasteiger partial charge in [-0.05, 0) is 18.2 Å². The number of rotatable bonds is 7. The Kier molecular flexibility index (Phi) is 5.61. The number of aromatic nitrogens is 2. The third-order valence-electron chi connectivity index (χ3n) is 4.66. The van der Waals surface area contributed by atoms with Crippen LogP contribution in [0.15, 0.2) is 71.5 Å². The highest BCUT2D eigenvalue weighted by Gasteiger charge is 2.18. The van der Waals surface area contributed by atoms with Gasteiger partial charge < -0.3 is 18.8 Å². The molecule has 0 saturated heterocycles. The third-order valence-corrected chi connectivity index (χ3v) is 4.66. The second-order valence-electron chi connectivity index (χ2n) is 6.72. The molecule has 2 aromatic heterocycles. The molecule has 0 bridgehead atoms. The first-order valence-electron chi connectivity index (χ1n) is 9.44. The Morgan fingerprint density at radius 1 is 1.07 bits per heavy atom. The highest BCUT2D eigenvalue weighted by atomic mass is 16.5. The predicted molar refractivity (Wildman–Crippen MR) is 111 cm³/mol. The van der Waals surface area contributed by atoms with Crippen LogP contribution in [0.1, 0.15) is 21.9 Å². The Labute approximate surface area is 173 Å². The molecule has 0 atom stereocenters. The smallest absolute Gasteiger partial charge is 0.275 e. The molecule has 0 saturated carbocycles. The van der Waals surface area contributed by atoms with Crippen molar-refractivity contribution in [2.24, 2.45) is 0 Å². The Morgan fingerprint density at radius 2 is 1.87 bits per heavy atom. The van der Waals surface area contributed by atoms with Crippen LogP contribution in [0.4, 0.5) is 0 Å². The number of oxazole rings is 1. The fourth-order valence-corrected chi connectivity index (χ4v) is 3.16. The van der Waals surface area contributed by atoms with Gasteiger partial charge in [0.25, 0.3) is 5.91 Å². The molecule has 0 radical (unpaired) electrons. The van der Waals surface area contributed by atoms with Crippen LogP contribution >= 0.6 is 0 Å². The molecule has 0 aliphatic rings. The van der Waals surface area contributed by atoms with Crippen molar-refractivity contribution in [1.82, 2.24) is 14.9 Å². The fourth-order valence-electron chi connectivity index (χ4n) is 3.16. The molecule has 7 heteroatoms. The van der Waals surface area contributed by atoms with Crippen molar-refractivity contribution >= 4 is 16.8 Å². The molecule has 7 nitrogen and oxygen atoms in total. The Bertz CT molecular complexity index is 1170. The highest BCUT2D eigenvalue weighted by Crippen LogP contribution is 2.24. The number of para-hydroxylation sites is 2. The molecule has 0 N–H and O–H groups in total. The average molecular weight is 403 g/mol. The maximum atomic E-state index is 12.7. The Balaban J connectivity index is 1.42. The van der Waals surface area contributed by atoms with E-state index < -0.39 is 0 Å². The van der Waals surface area contributed by atoms with Gasteiger partial charge in [-0.15, -0.1) is 0 Å². The number of hydrogen-bond donors (Lipinski definition) is 0. The lowest BCUT2D eigenvalue weighted by molar-refractivity contribution is 0.0778. The van der Waals surface area contributed by atoms with E-state index in [2.05, 4.69) is 9.97 Å². The largest absolute Gasteiger partial charge is 0.496 e. The summed E-state index contributed by atoms with van der Waals surface area (Å²) in [5.41, 5.74) is 1.90. The zero-order chi connectivity index (χ0) is 20.9. The van der Waals surface area contributed by atoms with E-state index in [1.807, 2.05) is 54.6 Å². The maximum absolute atomic E-state index is 12.7. The first kappa shape index (κ1) is 19.4. The quantitative estimate of drug-likeness (QED) is 0.463. The van der Waals surface area contributed by atoms with Gasteiger partial charge in [-0.1, -0.05) is 36.4 Å². The van der Waals surface area contributed by atoms with Gasteiger partial charge in [0.1, 0.15) is 23.3 Å².